The quantitative estimate of drug-likeness (QED) is 0.457. The summed E-state index contributed by atoms with van der Waals surface area (Å²) >= 11 is 0. The van der Waals surface area contributed by atoms with E-state index in [4.69, 9.17) is 5.11 Å². The summed E-state index contributed by atoms with van der Waals surface area (Å²) in [6.07, 6.45) is -0.618. The third-order valence-electron chi connectivity index (χ3n) is 1.32. The van der Waals surface area contributed by atoms with Gasteiger partial charge < -0.3 is 14.7 Å². The molecule has 0 aromatic heterocycles. The molecule has 0 aliphatic carbocycles. The van der Waals surface area contributed by atoms with Crippen LogP contribution in [0.25, 0.3) is 0 Å². The first-order valence-corrected chi connectivity index (χ1v) is 3.50. The largest absolute Gasteiger partial charge is 0.481 e. The number of aliphatic carboxylic acids is 1. The Morgan fingerprint density at radius 1 is 1.38 bits per heavy atom. The maximum absolute atomic E-state index is 10.9. The zero-order chi connectivity index (χ0) is 10.4. The van der Waals surface area contributed by atoms with Crippen molar-refractivity contribution in [1.82, 2.24) is 4.90 Å². The molecule has 0 bridgehead atoms. The second kappa shape index (κ2) is 5.13. The molecule has 0 fully saturated rings. The summed E-state index contributed by atoms with van der Waals surface area (Å²) in [5.41, 5.74) is 0. The number of amides is 1. The van der Waals surface area contributed by atoms with Gasteiger partial charge in [0.05, 0.1) is 7.11 Å². The van der Waals surface area contributed by atoms with E-state index in [9.17, 15) is 14.4 Å². The Kier molecular flexibility index (Phi) is 4.50. The first-order chi connectivity index (χ1) is 5.97. The molecule has 0 aromatic rings. The van der Waals surface area contributed by atoms with Crippen LogP contribution in [-0.2, 0) is 19.1 Å². The lowest BCUT2D eigenvalue weighted by Gasteiger charge is -2.13. The van der Waals surface area contributed by atoms with Gasteiger partial charge in [-0.3, -0.25) is 14.4 Å². The van der Waals surface area contributed by atoms with Crippen molar-refractivity contribution in [2.75, 3.05) is 20.7 Å². The molecule has 0 atom stereocenters. The average Bonchev–Trinajstić information content (AvgIpc) is 2.02. The molecule has 74 valence electrons. The minimum atomic E-state index is -1.22. The molecule has 0 rings (SSSR count). The van der Waals surface area contributed by atoms with Crippen molar-refractivity contribution in [3.05, 3.63) is 0 Å². The van der Waals surface area contributed by atoms with Gasteiger partial charge in [-0.05, 0) is 0 Å². The van der Waals surface area contributed by atoms with Gasteiger partial charge in [0.1, 0.15) is 13.0 Å². The third-order valence-corrected chi connectivity index (χ3v) is 1.32. The van der Waals surface area contributed by atoms with E-state index in [1.807, 2.05) is 0 Å². The molecule has 0 spiro atoms. The fourth-order valence-electron chi connectivity index (χ4n) is 0.611. The molecule has 0 unspecified atom stereocenters. The zero-order valence-corrected chi connectivity index (χ0v) is 7.44. The summed E-state index contributed by atoms with van der Waals surface area (Å²) in [7, 11) is 2.53. The lowest BCUT2D eigenvalue weighted by molar-refractivity contribution is -0.149. The van der Waals surface area contributed by atoms with Crippen molar-refractivity contribution in [3.8, 4) is 0 Å². The van der Waals surface area contributed by atoms with E-state index in [-0.39, 0.29) is 6.54 Å². The Labute approximate surface area is 75.1 Å². The maximum Gasteiger partial charge on any atom is 0.325 e. The van der Waals surface area contributed by atoms with Gasteiger partial charge in [-0.15, -0.1) is 0 Å². The summed E-state index contributed by atoms with van der Waals surface area (Å²) in [5, 5.41) is 8.26. The normalized spacial score (nSPS) is 9.08. The van der Waals surface area contributed by atoms with Gasteiger partial charge >= 0.3 is 11.9 Å². The van der Waals surface area contributed by atoms with E-state index < -0.39 is 24.3 Å². The summed E-state index contributed by atoms with van der Waals surface area (Å²) < 4.78 is 4.30. The Morgan fingerprint density at radius 2 is 1.92 bits per heavy atom. The molecule has 13 heavy (non-hydrogen) atoms. The number of hydrogen-bond acceptors (Lipinski definition) is 4. The fraction of sp³-hybridized carbons (Fsp3) is 0.571. The molecule has 1 N–H and O–H groups in total. The minimum Gasteiger partial charge on any atom is -0.481 e. The number of carbonyl (C=O) groups excluding carboxylic acids is 2. The Bertz CT molecular complexity index is 225. The lowest BCUT2D eigenvalue weighted by atomic mass is 10.4. The van der Waals surface area contributed by atoms with Crippen LogP contribution >= 0.6 is 0 Å². The lowest BCUT2D eigenvalue weighted by Crippen LogP contribution is -2.33. The van der Waals surface area contributed by atoms with Crippen LogP contribution in [0.3, 0.4) is 0 Å². The van der Waals surface area contributed by atoms with Crippen LogP contribution in [0.5, 0.6) is 0 Å². The number of carboxylic acids is 1. The van der Waals surface area contributed by atoms with Crippen LogP contribution in [0.2, 0.25) is 0 Å². The number of methoxy groups -OCH3 is 1. The Morgan fingerprint density at radius 3 is 2.31 bits per heavy atom. The fourth-order valence-corrected chi connectivity index (χ4v) is 0.611. The maximum atomic E-state index is 10.9. The van der Waals surface area contributed by atoms with Crippen molar-refractivity contribution in [2.24, 2.45) is 0 Å². The summed E-state index contributed by atoms with van der Waals surface area (Å²) in [4.78, 5) is 32.7. The number of nitrogens with zero attached hydrogens (tertiary/aromatic N) is 1. The van der Waals surface area contributed by atoms with Crippen LogP contribution in [0.1, 0.15) is 6.42 Å². The minimum absolute atomic E-state index is 0.234. The highest BCUT2D eigenvalue weighted by Crippen LogP contribution is 1.91. The average molecular weight is 189 g/mol. The Hall–Kier alpha value is -1.59. The molecular formula is C7H11NO5. The smallest absolute Gasteiger partial charge is 0.325 e. The van der Waals surface area contributed by atoms with E-state index in [0.717, 1.165) is 4.90 Å². The SMILES string of the molecule is COC(=O)CN(C)C(=O)CC(=O)O. The molecule has 0 aliphatic heterocycles. The van der Waals surface area contributed by atoms with Gasteiger partial charge in [0.15, 0.2) is 0 Å². The molecule has 6 nitrogen and oxygen atoms in total. The summed E-state index contributed by atoms with van der Waals surface area (Å²) in [5.74, 6) is -2.43. The highest BCUT2D eigenvalue weighted by Gasteiger charge is 2.15. The molecule has 1 amide bonds. The highest BCUT2D eigenvalue weighted by atomic mass is 16.5. The van der Waals surface area contributed by atoms with Crippen LogP contribution in [-0.4, -0.2) is 48.6 Å². The second-order valence-corrected chi connectivity index (χ2v) is 2.40. The zero-order valence-electron chi connectivity index (χ0n) is 7.44. The van der Waals surface area contributed by atoms with Gasteiger partial charge in [-0.25, -0.2) is 0 Å². The van der Waals surface area contributed by atoms with Crippen molar-refractivity contribution in [1.29, 1.82) is 0 Å². The molecule has 0 aliphatic rings. The first-order valence-electron chi connectivity index (χ1n) is 3.50. The molecule has 0 radical (unpaired) electrons. The number of carboxylic acid groups (broad SMARTS) is 1. The van der Waals surface area contributed by atoms with Crippen molar-refractivity contribution in [3.63, 3.8) is 0 Å². The monoisotopic (exact) mass is 189 g/mol. The predicted octanol–water partition coefficient (Wildman–Crippen LogP) is -0.907. The van der Waals surface area contributed by atoms with E-state index in [2.05, 4.69) is 4.74 Å². The predicted molar refractivity (Wildman–Crippen MR) is 41.9 cm³/mol. The van der Waals surface area contributed by atoms with Crippen LogP contribution in [0, 0.1) is 0 Å². The number of carbonyl (C=O) groups is 3. The van der Waals surface area contributed by atoms with Crippen LogP contribution in [0.15, 0.2) is 0 Å². The van der Waals surface area contributed by atoms with Crippen LogP contribution < -0.4 is 0 Å². The molecule has 0 saturated heterocycles. The molecule has 0 aromatic carbocycles. The van der Waals surface area contributed by atoms with Crippen LogP contribution in [0.4, 0.5) is 0 Å². The Balaban J connectivity index is 3.96. The van der Waals surface area contributed by atoms with Gasteiger partial charge in [-0.2, -0.15) is 0 Å². The molecule has 6 heteroatoms. The van der Waals surface area contributed by atoms with Crippen molar-refractivity contribution < 1.29 is 24.2 Å². The second-order valence-electron chi connectivity index (χ2n) is 2.40. The van der Waals surface area contributed by atoms with Gasteiger partial charge in [-0.1, -0.05) is 0 Å². The van der Waals surface area contributed by atoms with E-state index in [1.54, 1.807) is 0 Å². The highest BCUT2D eigenvalue weighted by molar-refractivity contribution is 5.94. The molecule has 0 saturated carbocycles. The number of rotatable bonds is 4. The number of ether oxygens (including phenoxy) is 1. The number of hydrogen-bond donors (Lipinski definition) is 1. The first kappa shape index (κ1) is 11.4. The molecule has 0 heterocycles. The third kappa shape index (κ3) is 4.78. The summed E-state index contributed by atoms with van der Waals surface area (Å²) in [6.45, 7) is -0.234. The van der Waals surface area contributed by atoms with E-state index in [0.29, 0.717) is 0 Å². The van der Waals surface area contributed by atoms with Gasteiger partial charge in [0, 0.05) is 7.05 Å². The van der Waals surface area contributed by atoms with Gasteiger partial charge in [0.2, 0.25) is 5.91 Å². The van der Waals surface area contributed by atoms with E-state index >= 15 is 0 Å². The van der Waals surface area contributed by atoms with Crippen molar-refractivity contribution in [2.45, 2.75) is 6.42 Å². The van der Waals surface area contributed by atoms with Crippen molar-refractivity contribution >= 4 is 17.8 Å². The van der Waals surface area contributed by atoms with E-state index in [1.165, 1.54) is 14.2 Å². The molecular weight excluding hydrogens is 178 g/mol. The standard InChI is InChI=1S/C7H11NO5/c1-8(4-7(12)13-2)5(9)3-6(10)11/h3-4H2,1-2H3,(H,10,11). The topological polar surface area (TPSA) is 83.9 Å². The number of likely N-dealkylation sites (N-methyl/N-ethyl adjacent to an activating group) is 1. The summed E-state index contributed by atoms with van der Waals surface area (Å²) in [6, 6.07) is 0. The van der Waals surface area contributed by atoms with Gasteiger partial charge in [0.25, 0.3) is 0 Å². The number of esters is 1.